The van der Waals surface area contributed by atoms with E-state index >= 15 is 0 Å². The Morgan fingerprint density at radius 3 is 2.62 bits per heavy atom. The molecule has 1 atom stereocenters. The summed E-state index contributed by atoms with van der Waals surface area (Å²) in [6.07, 6.45) is 7.00. The molecular formula is C30H37N5O5. The molecule has 3 aromatic rings. The summed E-state index contributed by atoms with van der Waals surface area (Å²) in [5, 5.41) is 3.72. The van der Waals surface area contributed by atoms with Gasteiger partial charge in [0.05, 0.1) is 17.8 Å². The van der Waals surface area contributed by atoms with Gasteiger partial charge < -0.3 is 29.0 Å². The van der Waals surface area contributed by atoms with Gasteiger partial charge in [-0.05, 0) is 57.4 Å². The predicted octanol–water partition coefficient (Wildman–Crippen LogP) is 4.97. The van der Waals surface area contributed by atoms with E-state index in [0.717, 1.165) is 45.5 Å². The highest BCUT2D eigenvalue weighted by molar-refractivity contribution is 5.97. The molecule has 0 spiro atoms. The van der Waals surface area contributed by atoms with E-state index in [4.69, 9.17) is 19.2 Å². The largest absolute Gasteiger partial charge is 0.444 e. The van der Waals surface area contributed by atoms with Crippen LogP contribution in [0.3, 0.4) is 0 Å². The van der Waals surface area contributed by atoms with E-state index < -0.39 is 11.2 Å². The molecule has 2 aliphatic heterocycles. The summed E-state index contributed by atoms with van der Waals surface area (Å²) in [7, 11) is 1.70. The molecule has 2 aliphatic rings. The molecule has 2 amide bonds. The van der Waals surface area contributed by atoms with Gasteiger partial charge in [-0.15, -0.1) is 0 Å². The van der Waals surface area contributed by atoms with E-state index in [1.54, 1.807) is 18.2 Å². The summed E-state index contributed by atoms with van der Waals surface area (Å²) in [4.78, 5) is 35.7. The maximum absolute atomic E-state index is 12.6. The number of hydrogen-bond acceptors (Lipinski definition) is 7. The Morgan fingerprint density at radius 1 is 1.20 bits per heavy atom. The van der Waals surface area contributed by atoms with Crippen molar-refractivity contribution in [3.05, 3.63) is 53.5 Å². The van der Waals surface area contributed by atoms with Crippen LogP contribution in [-0.2, 0) is 24.6 Å². The molecule has 3 aromatic heterocycles. The predicted molar refractivity (Wildman–Crippen MR) is 152 cm³/mol. The molecule has 212 valence electrons. The number of rotatable bonds is 5. The molecule has 0 unspecified atom stereocenters. The Kier molecular flexibility index (Phi) is 7.41. The van der Waals surface area contributed by atoms with Crippen LogP contribution in [0.15, 0.2) is 36.7 Å². The van der Waals surface area contributed by atoms with Gasteiger partial charge in [0, 0.05) is 69.6 Å². The third kappa shape index (κ3) is 5.59. The van der Waals surface area contributed by atoms with Gasteiger partial charge in [0.1, 0.15) is 22.8 Å². The molecule has 10 heteroatoms. The summed E-state index contributed by atoms with van der Waals surface area (Å²) in [6, 6.07) is 5.95. The van der Waals surface area contributed by atoms with E-state index in [2.05, 4.69) is 22.6 Å². The van der Waals surface area contributed by atoms with Gasteiger partial charge in [-0.1, -0.05) is 6.08 Å². The summed E-state index contributed by atoms with van der Waals surface area (Å²) in [6.45, 7) is 11.2. The number of nitrogens with zero attached hydrogens (tertiary/aromatic N) is 4. The molecule has 1 N–H and O–H groups in total. The van der Waals surface area contributed by atoms with Crippen molar-refractivity contribution in [3.63, 3.8) is 0 Å². The normalized spacial score (nSPS) is 19.6. The van der Waals surface area contributed by atoms with Crippen LogP contribution < -0.4 is 5.32 Å². The monoisotopic (exact) mass is 547 g/mol. The topological polar surface area (TPSA) is 108 Å². The first-order valence-corrected chi connectivity index (χ1v) is 13.6. The maximum Gasteiger partial charge on any atom is 0.410 e. The Bertz CT molecular complexity index is 1480. The fourth-order valence-corrected chi connectivity index (χ4v) is 5.24. The number of ether oxygens (including phenoxy) is 3. The minimum absolute atomic E-state index is 0.193. The number of aromatic nitrogens is 3. The van der Waals surface area contributed by atoms with E-state index in [9.17, 15) is 9.59 Å². The molecular weight excluding hydrogens is 510 g/mol. The molecule has 1 saturated heterocycles. The highest BCUT2D eigenvalue weighted by atomic mass is 16.6. The number of nitrogens with one attached hydrogen (secondary N) is 1. The summed E-state index contributed by atoms with van der Waals surface area (Å²) < 4.78 is 19.2. The lowest BCUT2D eigenvalue weighted by molar-refractivity contribution is -0.114. The zero-order valence-electron chi connectivity index (χ0n) is 24.0. The smallest absolute Gasteiger partial charge is 0.410 e. The van der Waals surface area contributed by atoms with Crippen LogP contribution in [0, 0.1) is 6.92 Å². The van der Waals surface area contributed by atoms with Gasteiger partial charge in [-0.2, -0.15) is 0 Å². The molecule has 0 bridgehead atoms. The van der Waals surface area contributed by atoms with Gasteiger partial charge in [0.15, 0.2) is 0 Å². The number of anilines is 1. The van der Waals surface area contributed by atoms with Gasteiger partial charge in [-0.3, -0.25) is 4.79 Å². The fourth-order valence-electron chi connectivity index (χ4n) is 5.24. The summed E-state index contributed by atoms with van der Waals surface area (Å²) >= 11 is 0. The van der Waals surface area contributed by atoms with Crippen molar-refractivity contribution in [1.29, 1.82) is 0 Å². The van der Waals surface area contributed by atoms with Gasteiger partial charge in [-0.25, -0.2) is 14.8 Å². The third-order valence-electron chi connectivity index (χ3n) is 7.25. The Balaban J connectivity index is 1.58. The fraction of sp³-hybridized carbons (Fsp3) is 0.467. The average Bonchev–Trinajstić information content (AvgIpc) is 3.53. The van der Waals surface area contributed by atoms with Crippen molar-refractivity contribution < 1.29 is 23.8 Å². The van der Waals surface area contributed by atoms with Crippen LogP contribution in [0.1, 0.15) is 57.4 Å². The second-order valence-corrected chi connectivity index (χ2v) is 11.5. The second kappa shape index (κ2) is 10.7. The highest BCUT2D eigenvalue weighted by Gasteiger charge is 2.39. The van der Waals surface area contributed by atoms with Gasteiger partial charge >= 0.3 is 6.09 Å². The van der Waals surface area contributed by atoms with Crippen molar-refractivity contribution in [1.82, 2.24) is 19.4 Å². The highest BCUT2D eigenvalue weighted by Crippen LogP contribution is 2.36. The quantitative estimate of drug-likeness (QED) is 0.480. The molecule has 40 heavy (non-hydrogen) atoms. The SMILES string of the molecule is CO[C@@]1(c2cc(C)cc(-n3cc(C4=CCN(C(=O)OC(C)(C)C)CC4)c4cnc(NC(C)=O)cc43)n2)CCOC1. The lowest BCUT2D eigenvalue weighted by atomic mass is 9.97. The molecule has 5 heterocycles. The number of amides is 2. The van der Waals surface area contributed by atoms with Gasteiger partial charge in [0.2, 0.25) is 5.91 Å². The van der Waals surface area contributed by atoms with Crippen molar-refractivity contribution >= 4 is 34.3 Å². The number of methoxy groups -OCH3 is 1. The van der Waals surface area contributed by atoms with E-state index in [-0.39, 0.29) is 12.0 Å². The zero-order valence-corrected chi connectivity index (χ0v) is 24.0. The average molecular weight is 548 g/mol. The standard InChI is InChI=1S/C30H37N5O5/c1-19-13-25(30(38-6)9-12-39-18-30)33-27(14-19)35-17-23(22-16-31-26(15-24(22)35)32-20(2)36)21-7-10-34(11-8-21)28(37)40-29(3,4)5/h7,13-17H,8-12,18H2,1-6H3,(H,31,32,36)/t30-/m0/s1. The summed E-state index contributed by atoms with van der Waals surface area (Å²) in [5.41, 5.74) is 3.73. The van der Waals surface area contributed by atoms with Crippen LogP contribution in [0.2, 0.25) is 0 Å². The molecule has 5 rings (SSSR count). The molecule has 0 aliphatic carbocycles. The van der Waals surface area contributed by atoms with Crippen LogP contribution >= 0.6 is 0 Å². The third-order valence-corrected chi connectivity index (χ3v) is 7.25. The number of fused-ring (bicyclic) bond motifs is 1. The minimum Gasteiger partial charge on any atom is -0.444 e. The lowest BCUT2D eigenvalue weighted by Crippen LogP contribution is -2.39. The Hall–Kier alpha value is -3.76. The van der Waals surface area contributed by atoms with Crippen molar-refractivity contribution in [2.24, 2.45) is 0 Å². The number of carbonyl (C=O) groups is 2. The van der Waals surface area contributed by atoms with Crippen molar-refractivity contribution in [2.45, 2.75) is 58.7 Å². The molecule has 1 fully saturated rings. The number of carbonyl (C=O) groups excluding carboxylic acids is 2. The summed E-state index contributed by atoms with van der Waals surface area (Å²) in [5.74, 6) is 1.01. The van der Waals surface area contributed by atoms with Crippen LogP contribution in [0.4, 0.5) is 10.6 Å². The van der Waals surface area contributed by atoms with Crippen molar-refractivity contribution in [3.8, 4) is 5.82 Å². The van der Waals surface area contributed by atoms with E-state index in [1.807, 2.05) is 50.5 Å². The van der Waals surface area contributed by atoms with Crippen LogP contribution in [0.25, 0.3) is 22.3 Å². The van der Waals surface area contributed by atoms with E-state index in [1.165, 1.54) is 6.92 Å². The Labute approximate surface area is 234 Å². The first-order valence-electron chi connectivity index (χ1n) is 13.6. The number of hydrogen-bond donors (Lipinski definition) is 1. The molecule has 0 aromatic carbocycles. The van der Waals surface area contributed by atoms with Crippen LogP contribution in [0.5, 0.6) is 0 Å². The van der Waals surface area contributed by atoms with Crippen molar-refractivity contribution in [2.75, 3.05) is 38.7 Å². The molecule has 0 radical (unpaired) electrons. The Morgan fingerprint density at radius 2 is 2.00 bits per heavy atom. The van der Waals surface area contributed by atoms with Gasteiger partial charge in [0.25, 0.3) is 0 Å². The molecule has 10 nitrogen and oxygen atoms in total. The number of aryl methyl sites for hydroxylation is 1. The number of pyridine rings is 2. The first kappa shape index (κ1) is 27.8. The van der Waals surface area contributed by atoms with Crippen LogP contribution in [-0.4, -0.2) is 70.4 Å². The minimum atomic E-state index is -0.591. The first-order chi connectivity index (χ1) is 19.0. The van der Waals surface area contributed by atoms with E-state index in [0.29, 0.717) is 38.5 Å². The maximum atomic E-state index is 12.6. The zero-order chi connectivity index (χ0) is 28.7. The lowest BCUT2D eigenvalue weighted by Gasteiger charge is -2.29. The second-order valence-electron chi connectivity index (χ2n) is 11.5. The molecule has 0 saturated carbocycles.